The van der Waals surface area contributed by atoms with Gasteiger partial charge in [-0.05, 0) is 35.9 Å². The lowest BCUT2D eigenvalue weighted by Crippen LogP contribution is -2.46. The number of carbonyl (C=O) groups is 3. The molecular weight excluding hydrogens is 432 g/mol. The summed E-state index contributed by atoms with van der Waals surface area (Å²) in [5.74, 6) is -2.97. The van der Waals surface area contributed by atoms with Crippen LogP contribution < -0.4 is 0 Å². The lowest BCUT2D eigenvalue weighted by atomic mass is 9.98. The maximum absolute atomic E-state index is 13.1. The predicted octanol–water partition coefficient (Wildman–Crippen LogP) is 4.10. The molecule has 0 spiro atoms. The molecule has 1 aliphatic heterocycles. The van der Waals surface area contributed by atoms with E-state index in [9.17, 15) is 40.7 Å². The second kappa shape index (κ2) is 7.71. The first kappa shape index (κ1) is 22.3. The van der Waals surface area contributed by atoms with Crippen molar-refractivity contribution in [1.82, 2.24) is 4.90 Å². The molecule has 11 heteroatoms. The summed E-state index contributed by atoms with van der Waals surface area (Å²) in [6, 6.07) is 4.60. The average molecular weight is 445 g/mol. The maximum Gasteiger partial charge on any atom is 0.416 e. The van der Waals surface area contributed by atoms with Crippen molar-refractivity contribution in [3.05, 3.63) is 70.3 Å². The molecule has 1 aliphatic rings. The molecule has 2 aromatic rings. The summed E-state index contributed by atoms with van der Waals surface area (Å²) in [5.41, 5.74) is -3.79. The normalized spacial score (nSPS) is 15.1. The highest BCUT2D eigenvalue weighted by molar-refractivity contribution is 6.22. The van der Waals surface area contributed by atoms with Crippen molar-refractivity contribution in [2.75, 3.05) is 7.11 Å². The van der Waals surface area contributed by atoms with Crippen LogP contribution in [0.25, 0.3) is 0 Å². The maximum atomic E-state index is 13.1. The number of imide groups is 1. The minimum atomic E-state index is -5.09. The van der Waals surface area contributed by atoms with Gasteiger partial charge in [0.05, 0.1) is 29.4 Å². The minimum absolute atomic E-state index is 0.0403. The van der Waals surface area contributed by atoms with Gasteiger partial charge in [0.25, 0.3) is 11.8 Å². The SMILES string of the molecule is COC(=O)[C@H](Cc1cc(C(F)(F)F)cc(C(F)(F)F)c1)N1C(=O)c2ccccc2C1=O. The highest BCUT2D eigenvalue weighted by Crippen LogP contribution is 2.37. The molecule has 0 N–H and O–H groups in total. The number of rotatable bonds is 4. The van der Waals surface area contributed by atoms with Crippen LogP contribution in [0.1, 0.15) is 37.4 Å². The molecule has 0 fully saturated rings. The van der Waals surface area contributed by atoms with Crippen molar-refractivity contribution >= 4 is 17.8 Å². The van der Waals surface area contributed by atoms with E-state index in [1.165, 1.54) is 24.3 Å². The molecule has 5 nitrogen and oxygen atoms in total. The van der Waals surface area contributed by atoms with Crippen molar-refractivity contribution in [3.63, 3.8) is 0 Å². The third-order valence-electron chi connectivity index (χ3n) is 4.69. The molecule has 0 saturated carbocycles. The predicted molar refractivity (Wildman–Crippen MR) is 92.9 cm³/mol. The van der Waals surface area contributed by atoms with Gasteiger partial charge in [0, 0.05) is 6.42 Å². The van der Waals surface area contributed by atoms with Crippen LogP contribution in [0.2, 0.25) is 0 Å². The van der Waals surface area contributed by atoms with Crippen molar-refractivity contribution < 1.29 is 45.5 Å². The molecule has 164 valence electrons. The Bertz CT molecular complexity index is 993. The fourth-order valence-electron chi connectivity index (χ4n) is 3.27. The summed E-state index contributed by atoms with van der Waals surface area (Å²) >= 11 is 0. The van der Waals surface area contributed by atoms with Crippen LogP contribution >= 0.6 is 0 Å². The molecule has 2 aromatic carbocycles. The van der Waals surface area contributed by atoms with E-state index in [-0.39, 0.29) is 17.2 Å². The molecule has 0 radical (unpaired) electrons. The first-order valence-corrected chi connectivity index (χ1v) is 8.67. The van der Waals surface area contributed by atoms with Gasteiger partial charge < -0.3 is 4.74 Å². The number of carbonyl (C=O) groups excluding carboxylic acids is 3. The molecular formula is C20H13F6NO4. The Balaban J connectivity index is 2.06. The van der Waals surface area contributed by atoms with E-state index in [2.05, 4.69) is 4.74 Å². The Morgan fingerprint density at radius 3 is 1.74 bits per heavy atom. The summed E-state index contributed by atoms with van der Waals surface area (Å²) in [4.78, 5) is 38.1. The highest BCUT2D eigenvalue weighted by Gasteiger charge is 2.44. The second-order valence-corrected chi connectivity index (χ2v) is 6.68. The van der Waals surface area contributed by atoms with Crippen molar-refractivity contribution in [2.24, 2.45) is 0 Å². The van der Waals surface area contributed by atoms with E-state index < -0.39 is 59.3 Å². The average Bonchev–Trinajstić information content (AvgIpc) is 2.95. The molecule has 0 bridgehead atoms. The molecule has 1 atom stereocenters. The van der Waals surface area contributed by atoms with E-state index in [0.717, 1.165) is 7.11 Å². The largest absolute Gasteiger partial charge is 0.467 e. The molecule has 0 aromatic heterocycles. The number of benzene rings is 2. The van der Waals surface area contributed by atoms with Crippen LogP contribution in [0.3, 0.4) is 0 Å². The van der Waals surface area contributed by atoms with Crippen molar-refractivity contribution in [1.29, 1.82) is 0 Å². The van der Waals surface area contributed by atoms with Gasteiger partial charge in [0.1, 0.15) is 6.04 Å². The third-order valence-corrected chi connectivity index (χ3v) is 4.69. The topological polar surface area (TPSA) is 63.7 Å². The third kappa shape index (κ3) is 4.25. The quantitative estimate of drug-likeness (QED) is 0.404. The van der Waals surface area contributed by atoms with Gasteiger partial charge in [0.15, 0.2) is 0 Å². The van der Waals surface area contributed by atoms with E-state index in [1.807, 2.05) is 0 Å². The number of esters is 1. The van der Waals surface area contributed by atoms with Crippen LogP contribution in [0, 0.1) is 0 Å². The number of fused-ring (bicyclic) bond motifs is 1. The monoisotopic (exact) mass is 445 g/mol. The second-order valence-electron chi connectivity index (χ2n) is 6.68. The lowest BCUT2D eigenvalue weighted by molar-refractivity contribution is -0.145. The van der Waals surface area contributed by atoms with Crippen molar-refractivity contribution in [3.8, 4) is 0 Å². The Labute approximate surface area is 171 Å². The number of methoxy groups -OCH3 is 1. The Morgan fingerprint density at radius 2 is 1.35 bits per heavy atom. The zero-order valence-corrected chi connectivity index (χ0v) is 15.7. The highest BCUT2D eigenvalue weighted by atomic mass is 19.4. The first-order chi connectivity index (χ1) is 14.3. The Kier molecular flexibility index (Phi) is 5.55. The number of alkyl halides is 6. The standard InChI is InChI=1S/C20H13F6NO4/c1-31-18(30)15(27-16(28)13-4-2-3-5-14(13)17(27)29)8-10-6-11(19(21,22)23)9-12(7-10)20(24,25)26/h2-7,9,15H,8H2,1H3/t15-/m0/s1. The summed E-state index contributed by atoms with van der Waals surface area (Å²) in [6.45, 7) is 0. The van der Waals surface area contributed by atoms with Crippen LogP contribution in [0.4, 0.5) is 26.3 Å². The summed E-state index contributed by atoms with van der Waals surface area (Å²) in [7, 11) is 0.917. The van der Waals surface area contributed by atoms with Crippen LogP contribution in [0.5, 0.6) is 0 Å². The summed E-state index contributed by atoms with van der Waals surface area (Å²) in [6.07, 6.45) is -11.0. The minimum Gasteiger partial charge on any atom is -0.467 e. The Hall–Kier alpha value is -3.37. The zero-order valence-electron chi connectivity index (χ0n) is 15.7. The van der Waals surface area contributed by atoms with Crippen LogP contribution in [-0.2, 0) is 28.3 Å². The van der Waals surface area contributed by atoms with Crippen molar-refractivity contribution in [2.45, 2.75) is 24.8 Å². The summed E-state index contributed by atoms with van der Waals surface area (Å²) in [5, 5.41) is 0. The molecule has 31 heavy (non-hydrogen) atoms. The lowest BCUT2D eigenvalue weighted by Gasteiger charge is -2.24. The van der Waals surface area contributed by atoms with E-state index >= 15 is 0 Å². The fourth-order valence-corrected chi connectivity index (χ4v) is 3.27. The molecule has 3 rings (SSSR count). The fraction of sp³-hybridized carbons (Fsp3) is 0.250. The number of ether oxygens (including phenoxy) is 1. The van der Waals surface area contributed by atoms with Gasteiger partial charge in [-0.2, -0.15) is 26.3 Å². The van der Waals surface area contributed by atoms with Gasteiger partial charge in [-0.3, -0.25) is 14.5 Å². The van der Waals surface area contributed by atoms with Gasteiger partial charge >= 0.3 is 18.3 Å². The smallest absolute Gasteiger partial charge is 0.416 e. The number of amides is 2. The molecule has 2 amide bonds. The Morgan fingerprint density at radius 1 is 0.903 bits per heavy atom. The van der Waals surface area contributed by atoms with E-state index in [0.29, 0.717) is 17.0 Å². The summed E-state index contributed by atoms with van der Waals surface area (Å²) < 4.78 is 83.3. The number of hydrogen-bond acceptors (Lipinski definition) is 4. The molecule has 0 aliphatic carbocycles. The molecule has 0 unspecified atom stereocenters. The van der Waals surface area contributed by atoms with Crippen LogP contribution in [-0.4, -0.2) is 35.8 Å². The number of halogens is 6. The van der Waals surface area contributed by atoms with Gasteiger partial charge in [-0.25, -0.2) is 4.79 Å². The number of hydrogen-bond donors (Lipinski definition) is 0. The zero-order chi connectivity index (χ0) is 23.1. The molecule has 0 saturated heterocycles. The van der Waals surface area contributed by atoms with E-state index in [1.54, 1.807) is 0 Å². The molecule has 1 heterocycles. The first-order valence-electron chi connectivity index (χ1n) is 8.67. The number of nitrogens with zero attached hydrogens (tertiary/aromatic N) is 1. The van der Waals surface area contributed by atoms with E-state index in [4.69, 9.17) is 0 Å². The van der Waals surface area contributed by atoms with Gasteiger partial charge in [0.2, 0.25) is 0 Å². The van der Waals surface area contributed by atoms with Crippen LogP contribution in [0.15, 0.2) is 42.5 Å². The van der Waals surface area contributed by atoms with Gasteiger partial charge in [-0.1, -0.05) is 12.1 Å². The van der Waals surface area contributed by atoms with Gasteiger partial charge in [-0.15, -0.1) is 0 Å².